The molecular weight excluding hydrogens is 282 g/mol. The van der Waals surface area contributed by atoms with Gasteiger partial charge in [-0.2, -0.15) is 0 Å². The van der Waals surface area contributed by atoms with E-state index in [0.717, 1.165) is 11.3 Å². The van der Waals surface area contributed by atoms with Crippen LogP contribution in [0.5, 0.6) is 11.5 Å². The molecule has 0 saturated carbocycles. The molecule has 22 heavy (non-hydrogen) atoms. The quantitative estimate of drug-likeness (QED) is 0.642. The normalized spacial score (nSPS) is 10.7. The number of carbonyl (C=O) groups excluding carboxylic acids is 1. The Morgan fingerprint density at radius 2 is 1.86 bits per heavy atom. The van der Waals surface area contributed by atoms with Crippen LogP contribution in [0.2, 0.25) is 0 Å². The Kier molecular flexibility index (Phi) is 4.78. The van der Waals surface area contributed by atoms with Crippen molar-refractivity contribution in [1.82, 2.24) is 4.57 Å². The van der Waals surface area contributed by atoms with Gasteiger partial charge in [0.2, 0.25) is 5.43 Å². The summed E-state index contributed by atoms with van der Waals surface area (Å²) in [6, 6.07) is 8.58. The minimum Gasteiger partial charge on any atom is -0.497 e. The first-order valence-electron chi connectivity index (χ1n) is 6.71. The number of ether oxygens (including phenoxy) is 2. The van der Waals surface area contributed by atoms with Gasteiger partial charge < -0.3 is 14.0 Å². The van der Waals surface area contributed by atoms with Crippen molar-refractivity contribution >= 4 is 12.0 Å². The van der Waals surface area contributed by atoms with Crippen LogP contribution in [0.15, 0.2) is 47.4 Å². The number of hydrogen-bond donors (Lipinski definition) is 0. The van der Waals surface area contributed by atoms with Crippen molar-refractivity contribution in [2.24, 2.45) is 7.05 Å². The first kappa shape index (κ1) is 15.6. The Morgan fingerprint density at radius 1 is 1.18 bits per heavy atom. The molecule has 0 unspecified atom stereocenters. The highest BCUT2D eigenvalue weighted by Crippen LogP contribution is 2.13. The maximum Gasteiger partial charge on any atom is 0.336 e. The van der Waals surface area contributed by atoms with Crippen molar-refractivity contribution < 1.29 is 14.3 Å². The molecule has 5 heteroatoms. The second kappa shape index (κ2) is 6.76. The highest BCUT2D eigenvalue weighted by Gasteiger charge is 2.10. The number of nitrogens with zero attached hydrogens (tertiary/aromatic N) is 1. The number of rotatable bonds is 4. The molecule has 0 amide bonds. The fourth-order valence-corrected chi connectivity index (χ4v) is 1.84. The molecule has 1 aromatic heterocycles. The molecule has 0 saturated heterocycles. The molecule has 0 aliphatic rings. The first-order chi connectivity index (χ1) is 10.5. The second-order valence-electron chi connectivity index (χ2n) is 4.73. The fraction of sp³-hybridized carbons (Fsp3) is 0.176. The van der Waals surface area contributed by atoms with Crippen molar-refractivity contribution in [2.75, 3.05) is 7.11 Å². The zero-order valence-electron chi connectivity index (χ0n) is 12.7. The molecule has 2 aromatic rings. The van der Waals surface area contributed by atoms with E-state index in [1.165, 1.54) is 12.1 Å². The third kappa shape index (κ3) is 3.63. The van der Waals surface area contributed by atoms with Gasteiger partial charge in [0, 0.05) is 25.4 Å². The van der Waals surface area contributed by atoms with Crippen LogP contribution < -0.4 is 14.9 Å². The van der Waals surface area contributed by atoms with Crippen molar-refractivity contribution in [3.63, 3.8) is 0 Å². The third-order valence-electron chi connectivity index (χ3n) is 3.26. The summed E-state index contributed by atoms with van der Waals surface area (Å²) in [5.41, 5.74) is 1.11. The highest BCUT2D eigenvalue weighted by atomic mass is 16.5. The Bertz CT molecular complexity index is 757. The van der Waals surface area contributed by atoms with E-state index in [1.807, 2.05) is 12.1 Å². The molecule has 0 aliphatic heterocycles. The van der Waals surface area contributed by atoms with Gasteiger partial charge in [-0.05, 0) is 30.7 Å². The summed E-state index contributed by atoms with van der Waals surface area (Å²) >= 11 is 0. The number of carbonyl (C=O) groups is 1. The maximum atomic E-state index is 11.8. The largest absolute Gasteiger partial charge is 0.497 e. The average molecular weight is 299 g/mol. The van der Waals surface area contributed by atoms with Crippen LogP contribution in [-0.2, 0) is 11.8 Å². The lowest BCUT2D eigenvalue weighted by molar-refractivity contribution is -0.129. The van der Waals surface area contributed by atoms with Crippen LogP contribution in [0.3, 0.4) is 0 Å². The van der Waals surface area contributed by atoms with Crippen LogP contribution >= 0.6 is 0 Å². The minimum absolute atomic E-state index is 0.0504. The molecule has 1 heterocycles. The molecule has 2 rings (SSSR count). The highest BCUT2D eigenvalue weighted by molar-refractivity contribution is 5.88. The van der Waals surface area contributed by atoms with E-state index in [0.29, 0.717) is 5.69 Å². The minimum atomic E-state index is -0.595. The number of aromatic nitrogens is 1. The van der Waals surface area contributed by atoms with Crippen LogP contribution in [0.25, 0.3) is 6.08 Å². The molecule has 0 aliphatic carbocycles. The average Bonchev–Trinajstić information content (AvgIpc) is 2.53. The van der Waals surface area contributed by atoms with E-state index in [2.05, 4.69) is 0 Å². The summed E-state index contributed by atoms with van der Waals surface area (Å²) in [6.07, 6.45) is 4.53. The summed E-state index contributed by atoms with van der Waals surface area (Å²) in [5.74, 6) is 0.194. The van der Waals surface area contributed by atoms with Crippen LogP contribution in [0, 0.1) is 6.92 Å². The topological polar surface area (TPSA) is 57.5 Å². The maximum absolute atomic E-state index is 11.8. The standard InChI is InChI=1S/C17H17NO4/c1-12-17(15(19)10-11-18(12)2)22-16(20)9-6-13-4-7-14(21-3)8-5-13/h4-11H,1-3H3. The van der Waals surface area contributed by atoms with Gasteiger partial charge in [0.25, 0.3) is 0 Å². The fourth-order valence-electron chi connectivity index (χ4n) is 1.84. The van der Waals surface area contributed by atoms with Crippen molar-refractivity contribution in [3.05, 3.63) is 64.1 Å². The van der Waals surface area contributed by atoms with Crippen molar-refractivity contribution in [2.45, 2.75) is 6.92 Å². The molecular formula is C17H17NO4. The monoisotopic (exact) mass is 299 g/mol. The van der Waals surface area contributed by atoms with Gasteiger partial charge in [-0.3, -0.25) is 4.79 Å². The van der Waals surface area contributed by atoms with Crippen LogP contribution in [0.4, 0.5) is 0 Å². The van der Waals surface area contributed by atoms with E-state index in [4.69, 9.17) is 9.47 Å². The lowest BCUT2D eigenvalue weighted by Gasteiger charge is -2.08. The SMILES string of the molecule is COc1ccc(C=CC(=O)Oc2c(C)n(C)ccc2=O)cc1. The van der Waals surface area contributed by atoms with Crippen molar-refractivity contribution in [3.8, 4) is 11.5 Å². The number of benzene rings is 1. The summed E-state index contributed by atoms with van der Waals surface area (Å²) in [6.45, 7) is 1.72. The predicted octanol–water partition coefficient (Wildman–Crippen LogP) is 2.32. The van der Waals surface area contributed by atoms with Gasteiger partial charge in [0.05, 0.1) is 12.8 Å². The second-order valence-corrected chi connectivity index (χ2v) is 4.73. The molecule has 0 N–H and O–H groups in total. The number of hydrogen-bond acceptors (Lipinski definition) is 4. The van der Waals surface area contributed by atoms with Gasteiger partial charge in [-0.15, -0.1) is 0 Å². The summed E-state index contributed by atoms with van der Waals surface area (Å²) in [5, 5.41) is 0. The zero-order chi connectivity index (χ0) is 16.1. The van der Waals surface area contributed by atoms with Gasteiger partial charge in [-0.25, -0.2) is 4.79 Å². The van der Waals surface area contributed by atoms with Crippen LogP contribution in [0.1, 0.15) is 11.3 Å². The molecule has 0 radical (unpaired) electrons. The van der Waals surface area contributed by atoms with Gasteiger partial charge in [0.1, 0.15) is 5.75 Å². The van der Waals surface area contributed by atoms with Crippen LogP contribution in [-0.4, -0.2) is 17.6 Å². The van der Waals surface area contributed by atoms with E-state index < -0.39 is 5.97 Å². The summed E-state index contributed by atoms with van der Waals surface area (Å²) in [4.78, 5) is 23.6. The van der Waals surface area contributed by atoms with Gasteiger partial charge >= 0.3 is 5.97 Å². The van der Waals surface area contributed by atoms with E-state index in [9.17, 15) is 9.59 Å². The zero-order valence-corrected chi connectivity index (χ0v) is 12.7. The Hall–Kier alpha value is -2.82. The van der Waals surface area contributed by atoms with E-state index in [1.54, 1.807) is 50.1 Å². The molecule has 5 nitrogen and oxygen atoms in total. The Morgan fingerprint density at radius 3 is 2.50 bits per heavy atom. The van der Waals surface area contributed by atoms with E-state index >= 15 is 0 Å². The number of aryl methyl sites for hydroxylation is 1. The first-order valence-corrected chi connectivity index (χ1v) is 6.71. The smallest absolute Gasteiger partial charge is 0.336 e. The molecule has 1 aromatic carbocycles. The summed E-state index contributed by atoms with van der Waals surface area (Å²) < 4.78 is 11.9. The molecule has 0 spiro atoms. The number of methoxy groups -OCH3 is 1. The Balaban J connectivity index is 2.11. The molecule has 0 fully saturated rings. The Labute approximate surface area is 128 Å². The number of esters is 1. The van der Waals surface area contributed by atoms with Gasteiger partial charge in [-0.1, -0.05) is 12.1 Å². The lowest BCUT2D eigenvalue weighted by Crippen LogP contribution is -2.16. The third-order valence-corrected chi connectivity index (χ3v) is 3.26. The predicted molar refractivity (Wildman–Crippen MR) is 84.1 cm³/mol. The summed E-state index contributed by atoms with van der Waals surface area (Å²) in [7, 11) is 3.37. The molecule has 0 bridgehead atoms. The van der Waals surface area contributed by atoms with Gasteiger partial charge in [0.15, 0.2) is 5.75 Å². The molecule has 0 atom stereocenters. The lowest BCUT2D eigenvalue weighted by atomic mass is 10.2. The molecule has 114 valence electrons. The van der Waals surface area contributed by atoms with Crippen molar-refractivity contribution in [1.29, 1.82) is 0 Å². The number of pyridine rings is 1. The van der Waals surface area contributed by atoms with E-state index in [-0.39, 0.29) is 11.2 Å².